The number of hydrogen-bond donors (Lipinski definition) is 1. The lowest BCUT2D eigenvalue weighted by Gasteiger charge is -1.92. The maximum Gasteiger partial charge on any atom is 0.133 e. The van der Waals surface area contributed by atoms with E-state index in [4.69, 9.17) is 4.18 Å². The average Bonchev–Trinajstić information content (AvgIpc) is 2.13. The molecule has 0 saturated carbocycles. The van der Waals surface area contributed by atoms with Crippen LogP contribution in [-0.4, -0.2) is 0 Å². The summed E-state index contributed by atoms with van der Waals surface area (Å²) in [5, 5.41) is 0. The predicted octanol–water partition coefficient (Wildman–Crippen LogP) is 2.25. The summed E-state index contributed by atoms with van der Waals surface area (Å²) in [6.45, 7) is 0. The molecule has 1 nitrogen and oxygen atoms in total. The maximum absolute atomic E-state index is 4.70. The van der Waals surface area contributed by atoms with E-state index in [0.29, 0.717) is 0 Å². The Bertz CT molecular complexity index is 168. The third-order valence-corrected chi connectivity index (χ3v) is 1.28. The number of hydrogen-bond acceptors (Lipinski definition) is 2. The first kappa shape index (κ1) is 6.49. The van der Waals surface area contributed by atoms with Gasteiger partial charge in [0, 0.05) is 12.9 Å². The van der Waals surface area contributed by atoms with Crippen LogP contribution in [0, 0.1) is 0 Å². The molecule has 0 aromatic carbocycles. The van der Waals surface area contributed by atoms with Gasteiger partial charge >= 0.3 is 0 Å². The largest absolute Gasteiger partial charge is 0.429 e. The van der Waals surface area contributed by atoms with E-state index in [-0.39, 0.29) is 0 Å². The SMILES string of the molecule is SOC1=CCC=CC=C1. The summed E-state index contributed by atoms with van der Waals surface area (Å²) < 4.78 is 4.70. The topological polar surface area (TPSA) is 9.23 Å². The number of thiol groups is 1. The Labute approximate surface area is 60.3 Å². The standard InChI is InChI=1S/C7H8OS/c9-8-7-5-3-1-2-4-6-7/h1-3,5-6,9H,4H2. The van der Waals surface area contributed by atoms with Crippen molar-refractivity contribution in [3.05, 3.63) is 36.1 Å². The molecular weight excluding hydrogens is 132 g/mol. The first-order valence-electron chi connectivity index (χ1n) is 2.78. The van der Waals surface area contributed by atoms with E-state index in [1.165, 1.54) is 0 Å². The van der Waals surface area contributed by atoms with Gasteiger partial charge in [-0.2, -0.15) is 0 Å². The molecule has 0 spiro atoms. The van der Waals surface area contributed by atoms with Gasteiger partial charge in [0.15, 0.2) is 0 Å². The van der Waals surface area contributed by atoms with E-state index in [2.05, 4.69) is 19.0 Å². The zero-order valence-corrected chi connectivity index (χ0v) is 5.84. The van der Waals surface area contributed by atoms with E-state index in [9.17, 15) is 0 Å². The van der Waals surface area contributed by atoms with Gasteiger partial charge in [-0.15, -0.1) is 0 Å². The molecule has 2 heteroatoms. The van der Waals surface area contributed by atoms with Gasteiger partial charge < -0.3 is 4.18 Å². The van der Waals surface area contributed by atoms with Crippen LogP contribution >= 0.6 is 12.9 Å². The monoisotopic (exact) mass is 140 g/mol. The first-order chi connectivity index (χ1) is 4.43. The fourth-order valence-corrected chi connectivity index (χ4v) is 0.763. The Morgan fingerprint density at radius 3 is 3.11 bits per heavy atom. The van der Waals surface area contributed by atoms with E-state index in [1.807, 2.05) is 24.3 Å². The van der Waals surface area contributed by atoms with Crippen LogP contribution in [0.25, 0.3) is 0 Å². The normalized spacial score (nSPS) is 16.8. The summed E-state index contributed by atoms with van der Waals surface area (Å²) in [5.41, 5.74) is 0. The van der Waals surface area contributed by atoms with E-state index in [0.717, 1.165) is 12.2 Å². The molecule has 0 amide bonds. The van der Waals surface area contributed by atoms with Crippen molar-refractivity contribution in [2.45, 2.75) is 6.42 Å². The molecule has 0 N–H and O–H groups in total. The second-order valence-electron chi connectivity index (χ2n) is 1.72. The quantitative estimate of drug-likeness (QED) is 0.434. The van der Waals surface area contributed by atoms with E-state index < -0.39 is 0 Å². The van der Waals surface area contributed by atoms with Crippen LogP contribution in [0.5, 0.6) is 0 Å². The zero-order valence-electron chi connectivity index (χ0n) is 4.95. The van der Waals surface area contributed by atoms with Gasteiger partial charge in [-0.05, 0) is 18.6 Å². The Kier molecular flexibility index (Phi) is 2.46. The molecule has 0 heterocycles. The Morgan fingerprint density at radius 1 is 1.44 bits per heavy atom. The number of allylic oxidation sites excluding steroid dienone is 5. The molecular formula is C7H8OS. The molecule has 0 aromatic rings. The summed E-state index contributed by atoms with van der Waals surface area (Å²) in [4.78, 5) is 0. The molecule has 9 heavy (non-hydrogen) atoms. The van der Waals surface area contributed by atoms with Gasteiger partial charge in [0.2, 0.25) is 0 Å². The van der Waals surface area contributed by atoms with Crippen LogP contribution in [0.4, 0.5) is 0 Å². The molecule has 0 aliphatic heterocycles. The molecule has 48 valence electrons. The smallest absolute Gasteiger partial charge is 0.133 e. The van der Waals surface area contributed by atoms with Gasteiger partial charge in [0.05, 0.1) is 0 Å². The van der Waals surface area contributed by atoms with Crippen molar-refractivity contribution < 1.29 is 4.18 Å². The molecule has 0 saturated heterocycles. The van der Waals surface area contributed by atoms with Crippen LogP contribution in [0.1, 0.15) is 6.42 Å². The molecule has 0 bridgehead atoms. The van der Waals surface area contributed by atoms with Crippen molar-refractivity contribution in [3.8, 4) is 0 Å². The Morgan fingerprint density at radius 2 is 2.33 bits per heavy atom. The van der Waals surface area contributed by atoms with Crippen LogP contribution in [-0.2, 0) is 4.18 Å². The highest BCUT2D eigenvalue weighted by molar-refractivity contribution is 7.75. The highest BCUT2D eigenvalue weighted by Crippen LogP contribution is 2.07. The predicted molar refractivity (Wildman–Crippen MR) is 41.1 cm³/mol. The van der Waals surface area contributed by atoms with Crippen LogP contribution in [0.15, 0.2) is 36.1 Å². The molecule has 0 atom stereocenters. The molecule has 0 fully saturated rings. The summed E-state index contributed by atoms with van der Waals surface area (Å²) >= 11 is 3.66. The van der Waals surface area contributed by atoms with Crippen molar-refractivity contribution in [2.24, 2.45) is 0 Å². The van der Waals surface area contributed by atoms with Gasteiger partial charge in [0.1, 0.15) is 5.76 Å². The lowest BCUT2D eigenvalue weighted by Crippen LogP contribution is -1.72. The average molecular weight is 140 g/mol. The minimum Gasteiger partial charge on any atom is -0.429 e. The third-order valence-electron chi connectivity index (χ3n) is 1.07. The van der Waals surface area contributed by atoms with Gasteiger partial charge in [-0.25, -0.2) is 0 Å². The summed E-state index contributed by atoms with van der Waals surface area (Å²) in [6, 6.07) is 0. The Balaban J connectivity index is 2.63. The lowest BCUT2D eigenvalue weighted by molar-refractivity contribution is 0.530. The third kappa shape index (κ3) is 1.98. The van der Waals surface area contributed by atoms with Gasteiger partial charge in [-0.1, -0.05) is 18.2 Å². The van der Waals surface area contributed by atoms with Crippen LogP contribution < -0.4 is 0 Å². The summed E-state index contributed by atoms with van der Waals surface area (Å²) in [6.07, 6.45) is 10.7. The fraction of sp³-hybridized carbons (Fsp3) is 0.143. The van der Waals surface area contributed by atoms with Crippen molar-refractivity contribution in [3.63, 3.8) is 0 Å². The zero-order chi connectivity index (χ0) is 6.53. The first-order valence-corrected chi connectivity index (χ1v) is 3.15. The minimum atomic E-state index is 0.809. The van der Waals surface area contributed by atoms with Crippen molar-refractivity contribution in [1.29, 1.82) is 0 Å². The molecule has 0 radical (unpaired) electrons. The lowest BCUT2D eigenvalue weighted by atomic mass is 10.4. The fourth-order valence-electron chi connectivity index (χ4n) is 0.627. The van der Waals surface area contributed by atoms with E-state index >= 15 is 0 Å². The Hall–Kier alpha value is -0.630. The highest BCUT2D eigenvalue weighted by atomic mass is 32.1. The second kappa shape index (κ2) is 3.41. The van der Waals surface area contributed by atoms with Crippen molar-refractivity contribution in [1.82, 2.24) is 0 Å². The number of rotatable bonds is 1. The summed E-state index contributed by atoms with van der Waals surface area (Å²) in [7, 11) is 0. The van der Waals surface area contributed by atoms with Crippen LogP contribution in [0.2, 0.25) is 0 Å². The van der Waals surface area contributed by atoms with Crippen molar-refractivity contribution in [2.75, 3.05) is 0 Å². The highest BCUT2D eigenvalue weighted by Gasteiger charge is 1.88. The molecule has 1 rings (SSSR count). The maximum atomic E-state index is 4.70. The van der Waals surface area contributed by atoms with Gasteiger partial charge in [-0.3, -0.25) is 0 Å². The minimum absolute atomic E-state index is 0.809. The molecule has 1 aliphatic rings. The molecule has 1 aliphatic carbocycles. The molecule has 0 unspecified atom stereocenters. The summed E-state index contributed by atoms with van der Waals surface area (Å²) in [5.74, 6) is 0.809. The second-order valence-corrected chi connectivity index (χ2v) is 1.90. The van der Waals surface area contributed by atoms with E-state index in [1.54, 1.807) is 0 Å². The van der Waals surface area contributed by atoms with Gasteiger partial charge in [0.25, 0.3) is 0 Å². The van der Waals surface area contributed by atoms with Crippen LogP contribution in [0.3, 0.4) is 0 Å². The van der Waals surface area contributed by atoms with Crippen molar-refractivity contribution >= 4 is 12.9 Å². The molecule has 0 aromatic heterocycles.